The van der Waals surface area contributed by atoms with E-state index < -0.39 is 0 Å². The zero-order valence-electron chi connectivity index (χ0n) is 18.5. The van der Waals surface area contributed by atoms with E-state index in [1.54, 1.807) is 12.4 Å². The van der Waals surface area contributed by atoms with Gasteiger partial charge in [-0.15, -0.1) is 0 Å². The topological polar surface area (TPSA) is 150 Å². The second-order valence-corrected chi connectivity index (χ2v) is 7.96. The first-order valence-electron chi connectivity index (χ1n) is 10.5. The van der Waals surface area contributed by atoms with Gasteiger partial charge >= 0.3 is 0 Å². The highest BCUT2D eigenvalue weighted by molar-refractivity contribution is 5.73. The molecule has 1 saturated heterocycles. The number of carbonyl (C=O) groups excluding carboxylic acids is 1. The number of aromatic nitrogens is 7. The lowest BCUT2D eigenvalue weighted by molar-refractivity contribution is -0.119. The number of nitrogens with one attached hydrogen (secondary N) is 4. The van der Waals surface area contributed by atoms with E-state index in [1.807, 2.05) is 31.7 Å². The summed E-state index contributed by atoms with van der Waals surface area (Å²) < 4.78 is 0. The smallest absolute Gasteiger partial charge is 0.235 e. The van der Waals surface area contributed by atoms with Crippen LogP contribution < -0.4 is 20.9 Å². The summed E-state index contributed by atoms with van der Waals surface area (Å²) >= 11 is 0. The van der Waals surface area contributed by atoms with E-state index >= 15 is 0 Å². The van der Waals surface area contributed by atoms with Gasteiger partial charge in [0.15, 0.2) is 5.82 Å². The van der Waals surface area contributed by atoms with Gasteiger partial charge in [-0.2, -0.15) is 20.1 Å². The third-order valence-corrected chi connectivity index (χ3v) is 4.98. The average molecular weight is 438 g/mol. The molecule has 0 unspecified atom stereocenters. The molecule has 0 aromatic carbocycles. The summed E-state index contributed by atoms with van der Waals surface area (Å²) in [7, 11) is 0. The van der Waals surface area contributed by atoms with E-state index in [0.29, 0.717) is 36.0 Å². The van der Waals surface area contributed by atoms with Crippen LogP contribution in [0.15, 0.2) is 18.5 Å². The molecule has 0 saturated carbocycles. The minimum atomic E-state index is -0.211. The van der Waals surface area contributed by atoms with E-state index in [0.717, 1.165) is 24.2 Å². The Kier molecular flexibility index (Phi) is 6.10. The first kappa shape index (κ1) is 21.4. The zero-order valence-corrected chi connectivity index (χ0v) is 18.5. The van der Waals surface area contributed by atoms with Gasteiger partial charge in [-0.25, -0.2) is 9.97 Å². The van der Waals surface area contributed by atoms with Gasteiger partial charge in [0.1, 0.15) is 5.82 Å². The SMILES string of the molecule is CC(=O)N[C@@H]1CCN(c2nc(Nc3cc(C)[nH]n3)nc(N[C@@H](C)c3ncc(C)cn3)n2)C1. The summed E-state index contributed by atoms with van der Waals surface area (Å²) in [4.78, 5) is 35.9. The molecule has 3 aromatic heterocycles. The van der Waals surface area contributed by atoms with Crippen LogP contribution in [0.2, 0.25) is 0 Å². The quantitative estimate of drug-likeness (QED) is 0.429. The highest BCUT2D eigenvalue weighted by Gasteiger charge is 2.26. The maximum absolute atomic E-state index is 11.4. The fourth-order valence-electron chi connectivity index (χ4n) is 3.45. The average Bonchev–Trinajstić information content (AvgIpc) is 3.36. The summed E-state index contributed by atoms with van der Waals surface area (Å²) in [5, 5.41) is 16.4. The van der Waals surface area contributed by atoms with Crippen LogP contribution in [-0.4, -0.2) is 60.2 Å². The molecule has 168 valence electrons. The Hall–Kier alpha value is -3.83. The van der Waals surface area contributed by atoms with Crippen molar-refractivity contribution in [3.8, 4) is 0 Å². The predicted octanol–water partition coefficient (Wildman–Crippen LogP) is 1.63. The first-order chi connectivity index (χ1) is 15.4. The number of hydrogen-bond donors (Lipinski definition) is 4. The maximum atomic E-state index is 11.4. The number of aryl methyl sites for hydroxylation is 2. The fourth-order valence-corrected chi connectivity index (χ4v) is 3.45. The van der Waals surface area contributed by atoms with Crippen molar-refractivity contribution in [2.45, 2.75) is 46.2 Å². The molecule has 0 radical (unpaired) electrons. The maximum Gasteiger partial charge on any atom is 0.235 e. The minimum Gasteiger partial charge on any atom is -0.352 e. The van der Waals surface area contributed by atoms with E-state index in [9.17, 15) is 4.79 Å². The number of aromatic amines is 1. The molecule has 4 rings (SSSR count). The Balaban J connectivity index is 1.58. The van der Waals surface area contributed by atoms with Gasteiger partial charge in [0, 0.05) is 50.2 Å². The Morgan fingerprint density at radius 3 is 2.62 bits per heavy atom. The van der Waals surface area contributed by atoms with Crippen molar-refractivity contribution in [3.63, 3.8) is 0 Å². The van der Waals surface area contributed by atoms with Crippen LogP contribution in [0.3, 0.4) is 0 Å². The summed E-state index contributed by atoms with van der Waals surface area (Å²) in [6, 6.07) is 1.71. The lowest BCUT2D eigenvalue weighted by Gasteiger charge is -2.19. The van der Waals surface area contributed by atoms with Crippen LogP contribution in [0.5, 0.6) is 0 Å². The molecule has 4 N–H and O–H groups in total. The van der Waals surface area contributed by atoms with Crippen LogP contribution in [0.25, 0.3) is 0 Å². The summed E-state index contributed by atoms with van der Waals surface area (Å²) in [6.45, 7) is 8.68. The van der Waals surface area contributed by atoms with Crippen molar-refractivity contribution in [2.75, 3.05) is 28.6 Å². The van der Waals surface area contributed by atoms with Gasteiger partial charge in [-0.3, -0.25) is 9.89 Å². The molecule has 0 aliphatic carbocycles. The van der Waals surface area contributed by atoms with Crippen LogP contribution in [0, 0.1) is 13.8 Å². The van der Waals surface area contributed by atoms with Gasteiger partial charge < -0.3 is 20.9 Å². The van der Waals surface area contributed by atoms with E-state index in [2.05, 4.69) is 51.1 Å². The van der Waals surface area contributed by atoms with Gasteiger partial charge in [0.25, 0.3) is 0 Å². The monoisotopic (exact) mass is 437 g/mol. The number of rotatable bonds is 7. The van der Waals surface area contributed by atoms with Crippen molar-refractivity contribution in [2.24, 2.45) is 0 Å². The largest absolute Gasteiger partial charge is 0.352 e. The molecule has 32 heavy (non-hydrogen) atoms. The second-order valence-electron chi connectivity index (χ2n) is 7.96. The molecule has 1 aliphatic heterocycles. The van der Waals surface area contributed by atoms with Crippen molar-refractivity contribution >= 4 is 29.6 Å². The molecule has 0 bridgehead atoms. The zero-order chi connectivity index (χ0) is 22.7. The highest BCUT2D eigenvalue weighted by Crippen LogP contribution is 2.22. The van der Waals surface area contributed by atoms with Crippen LogP contribution in [0.1, 0.15) is 43.4 Å². The molecule has 12 heteroatoms. The van der Waals surface area contributed by atoms with E-state index in [-0.39, 0.29) is 18.0 Å². The number of hydrogen-bond acceptors (Lipinski definition) is 10. The van der Waals surface area contributed by atoms with Crippen LogP contribution >= 0.6 is 0 Å². The molecule has 2 atom stereocenters. The molecule has 1 fully saturated rings. The summed E-state index contributed by atoms with van der Waals surface area (Å²) in [5.41, 5.74) is 1.91. The van der Waals surface area contributed by atoms with Crippen LogP contribution in [-0.2, 0) is 4.79 Å². The normalized spacial score (nSPS) is 16.6. The van der Waals surface area contributed by atoms with E-state index in [4.69, 9.17) is 0 Å². The van der Waals surface area contributed by atoms with Gasteiger partial charge in [0.05, 0.1) is 6.04 Å². The fraction of sp³-hybridized carbons (Fsp3) is 0.450. The predicted molar refractivity (Wildman–Crippen MR) is 120 cm³/mol. The van der Waals surface area contributed by atoms with Crippen molar-refractivity contribution in [1.82, 2.24) is 40.4 Å². The summed E-state index contributed by atoms with van der Waals surface area (Å²) in [6.07, 6.45) is 4.38. The molecule has 1 amide bonds. The van der Waals surface area contributed by atoms with Gasteiger partial charge in [-0.05, 0) is 32.8 Å². The third kappa shape index (κ3) is 5.25. The lowest BCUT2D eigenvalue weighted by Crippen LogP contribution is -2.36. The number of carbonyl (C=O) groups is 1. The lowest BCUT2D eigenvalue weighted by atomic mass is 10.3. The molecule has 3 aromatic rings. The number of anilines is 4. The highest BCUT2D eigenvalue weighted by atomic mass is 16.1. The van der Waals surface area contributed by atoms with Crippen molar-refractivity contribution in [3.05, 3.63) is 35.5 Å². The third-order valence-electron chi connectivity index (χ3n) is 4.98. The number of amides is 1. The Morgan fingerprint density at radius 2 is 1.94 bits per heavy atom. The van der Waals surface area contributed by atoms with Crippen molar-refractivity contribution in [1.29, 1.82) is 0 Å². The molecule has 4 heterocycles. The van der Waals surface area contributed by atoms with Crippen LogP contribution in [0.4, 0.5) is 23.7 Å². The molecule has 0 spiro atoms. The molecular formula is C20H27N11O. The van der Waals surface area contributed by atoms with Crippen molar-refractivity contribution < 1.29 is 4.79 Å². The molecular weight excluding hydrogens is 410 g/mol. The first-order valence-corrected chi connectivity index (χ1v) is 10.5. The van der Waals surface area contributed by atoms with Gasteiger partial charge in [0.2, 0.25) is 23.8 Å². The Labute approximate surface area is 185 Å². The minimum absolute atomic E-state index is 0.0435. The number of H-pyrrole nitrogens is 1. The summed E-state index contributed by atoms with van der Waals surface area (Å²) in [5.74, 6) is 2.48. The Bertz CT molecular complexity index is 1080. The standard InChI is InChI=1S/C20H27N11O/c1-11-8-21-17(22-9-11)13(3)23-18-26-19(25-16-7-12(2)29-30-16)28-20(27-18)31-6-5-15(10-31)24-14(4)32/h7-9,13,15H,5-6,10H2,1-4H3,(H,24,32)(H3,23,25,26,27,28,29,30)/t13-,15+/m0/s1. The second kappa shape index (κ2) is 9.12. The molecule has 12 nitrogen and oxygen atoms in total. The number of nitrogens with zero attached hydrogens (tertiary/aromatic N) is 7. The molecule has 1 aliphatic rings. The Morgan fingerprint density at radius 1 is 1.19 bits per heavy atom. The van der Waals surface area contributed by atoms with Gasteiger partial charge in [-0.1, -0.05) is 0 Å². The van der Waals surface area contributed by atoms with E-state index in [1.165, 1.54) is 6.92 Å².